The summed E-state index contributed by atoms with van der Waals surface area (Å²) in [5.41, 5.74) is 1.94. The fourth-order valence-corrected chi connectivity index (χ4v) is 7.02. The fourth-order valence-electron chi connectivity index (χ4n) is 3.55. The van der Waals surface area contributed by atoms with E-state index in [0.29, 0.717) is 24.2 Å². The first kappa shape index (κ1) is 20.5. The number of carbonyl (C=O) groups is 1. The van der Waals surface area contributed by atoms with Gasteiger partial charge in [-0.05, 0) is 60.0 Å². The van der Waals surface area contributed by atoms with E-state index in [0.717, 1.165) is 20.3 Å². The predicted molar refractivity (Wildman–Crippen MR) is 117 cm³/mol. The Hall–Kier alpha value is -1.81. The number of hydrogen-bond donors (Lipinski definition) is 0. The van der Waals surface area contributed by atoms with Gasteiger partial charge in [0.2, 0.25) is 10.0 Å². The molecule has 6 nitrogen and oxygen atoms in total. The van der Waals surface area contributed by atoms with Crippen LogP contribution < -0.4 is 4.80 Å². The summed E-state index contributed by atoms with van der Waals surface area (Å²) in [5, 5.41) is 0. The van der Waals surface area contributed by atoms with Crippen LogP contribution in [0.4, 0.5) is 0 Å². The molecule has 1 aliphatic heterocycles. The van der Waals surface area contributed by atoms with Crippen molar-refractivity contribution in [3.05, 3.63) is 57.3 Å². The molecule has 1 fully saturated rings. The molecule has 2 aromatic carbocycles. The Kier molecular flexibility index (Phi) is 5.50. The Bertz CT molecular complexity index is 1260. The first-order valence-corrected chi connectivity index (χ1v) is 12.2. The average molecular weight is 494 g/mol. The molecule has 0 aliphatic carbocycles. The summed E-state index contributed by atoms with van der Waals surface area (Å²) in [5.74, 6) is -0.420. The number of amides is 1. The Morgan fingerprint density at radius 1 is 1.21 bits per heavy atom. The molecule has 0 saturated carbocycles. The highest BCUT2D eigenvalue weighted by Gasteiger charge is 2.39. The van der Waals surface area contributed by atoms with E-state index in [9.17, 15) is 13.2 Å². The van der Waals surface area contributed by atoms with Crippen molar-refractivity contribution in [1.29, 1.82) is 0 Å². The SMILES string of the molecule is Cc1ccc(S(=O)(=O)N2CCCC2C(=O)N=c2sc3cccc(Br)c3n2C)cc1. The molecule has 0 bridgehead atoms. The van der Waals surface area contributed by atoms with Crippen LogP contribution in [0, 0.1) is 6.92 Å². The topological polar surface area (TPSA) is 71.7 Å². The minimum atomic E-state index is -3.74. The average Bonchev–Trinajstić information content (AvgIpc) is 3.29. The van der Waals surface area contributed by atoms with E-state index in [1.165, 1.54) is 15.6 Å². The number of rotatable bonds is 3. The third kappa shape index (κ3) is 3.72. The minimum Gasteiger partial charge on any atom is -0.318 e. The number of halogens is 1. The van der Waals surface area contributed by atoms with Crippen LogP contribution in [0.2, 0.25) is 0 Å². The van der Waals surface area contributed by atoms with Gasteiger partial charge in [0.25, 0.3) is 5.91 Å². The first-order valence-electron chi connectivity index (χ1n) is 9.20. The first-order chi connectivity index (χ1) is 13.8. The van der Waals surface area contributed by atoms with Gasteiger partial charge in [-0.2, -0.15) is 9.30 Å². The summed E-state index contributed by atoms with van der Waals surface area (Å²) in [6, 6.07) is 11.8. The third-order valence-electron chi connectivity index (χ3n) is 5.10. The van der Waals surface area contributed by atoms with Gasteiger partial charge in [-0.1, -0.05) is 35.1 Å². The van der Waals surface area contributed by atoms with Crippen LogP contribution in [0.25, 0.3) is 10.2 Å². The van der Waals surface area contributed by atoms with Crippen molar-refractivity contribution in [3.63, 3.8) is 0 Å². The van der Waals surface area contributed by atoms with Gasteiger partial charge in [0.1, 0.15) is 6.04 Å². The number of carbonyl (C=O) groups excluding carboxylic acids is 1. The summed E-state index contributed by atoms with van der Waals surface area (Å²) >= 11 is 4.94. The van der Waals surface area contributed by atoms with E-state index in [-0.39, 0.29) is 4.90 Å². The fraction of sp³-hybridized carbons (Fsp3) is 0.300. The van der Waals surface area contributed by atoms with Gasteiger partial charge in [-0.3, -0.25) is 4.79 Å². The number of aryl methyl sites for hydroxylation is 2. The highest BCUT2D eigenvalue weighted by Crippen LogP contribution is 2.28. The van der Waals surface area contributed by atoms with Crippen LogP contribution in [0.1, 0.15) is 18.4 Å². The van der Waals surface area contributed by atoms with Crippen molar-refractivity contribution in [3.8, 4) is 0 Å². The largest absolute Gasteiger partial charge is 0.318 e. The number of benzene rings is 2. The monoisotopic (exact) mass is 493 g/mol. The molecule has 0 N–H and O–H groups in total. The summed E-state index contributed by atoms with van der Waals surface area (Å²) in [6.45, 7) is 2.23. The van der Waals surface area contributed by atoms with Gasteiger partial charge in [0, 0.05) is 18.1 Å². The molecule has 29 heavy (non-hydrogen) atoms. The zero-order valence-electron chi connectivity index (χ0n) is 16.0. The second-order valence-electron chi connectivity index (χ2n) is 7.07. The standard InChI is InChI=1S/C20H20BrN3O3S2/c1-13-8-10-14(11-9-13)29(26,27)24-12-4-6-16(24)19(25)22-20-23(2)18-15(21)5-3-7-17(18)28-20/h3,5,7-11,16H,4,6,12H2,1-2H3. The van der Waals surface area contributed by atoms with Crippen LogP contribution in [-0.4, -0.2) is 35.8 Å². The highest BCUT2D eigenvalue weighted by molar-refractivity contribution is 9.10. The van der Waals surface area contributed by atoms with E-state index in [2.05, 4.69) is 20.9 Å². The lowest BCUT2D eigenvalue weighted by Gasteiger charge is -2.21. The van der Waals surface area contributed by atoms with Gasteiger partial charge >= 0.3 is 0 Å². The molecule has 1 atom stereocenters. The maximum absolute atomic E-state index is 13.1. The quantitative estimate of drug-likeness (QED) is 0.559. The molecular weight excluding hydrogens is 474 g/mol. The number of fused-ring (bicyclic) bond motifs is 1. The van der Waals surface area contributed by atoms with Gasteiger partial charge in [0.05, 0.1) is 15.1 Å². The molecule has 4 rings (SSSR count). The number of sulfonamides is 1. The molecular formula is C20H20BrN3O3S2. The minimum absolute atomic E-state index is 0.208. The molecule has 0 spiro atoms. The normalized spacial score (nSPS) is 18.6. The molecule has 1 aliphatic rings. The molecule has 152 valence electrons. The van der Waals surface area contributed by atoms with Crippen molar-refractivity contribution in [2.75, 3.05) is 6.54 Å². The zero-order valence-corrected chi connectivity index (χ0v) is 19.2. The molecule has 1 saturated heterocycles. The van der Waals surface area contributed by atoms with Crippen LogP contribution >= 0.6 is 27.3 Å². The second-order valence-corrected chi connectivity index (χ2v) is 10.8. The molecule has 2 heterocycles. The Morgan fingerprint density at radius 3 is 2.62 bits per heavy atom. The van der Waals surface area contributed by atoms with Gasteiger partial charge < -0.3 is 4.57 Å². The van der Waals surface area contributed by atoms with E-state index in [1.807, 2.05) is 36.7 Å². The molecule has 1 amide bonds. The van der Waals surface area contributed by atoms with Crippen molar-refractivity contribution < 1.29 is 13.2 Å². The summed E-state index contributed by atoms with van der Waals surface area (Å²) in [7, 11) is -1.89. The smallest absolute Gasteiger partial charge is 0.266 e. The van der Waals surface area contributed by atoms with E-state index < -0.39 is 22.0 Å². The van der Waals surface area contributed by atoms with E-state index in [1.54, 1.807) is 24.3 Å². The van der Waals surface area contributed by atoms with Crippen molar-refractivity contribution in [2.45, 2.75) is 30.7 Å². The summed E-state index contributed by atoms with van der Waals surface area (Å²) in [4.78, 5) is 18.0. The molecule has 0 radical (unpaired) electrons. The lowest BCUT2D eigenvalue weighted by atomic mass is 10.2. The predicted octanol–water partition coefficient (Wildman–Crippen LogP) is 3.59. The molecule has 3 aromatic rings. The molecule has 1 aromatic heterocycles. The van der Waals surface area contributed by atoms with Gasteiger partial charge in [0.15, 0.2) is 4.80 Å². The number of thiazole rings is 1. The van der Waals surface area contributed by atoms with Crippen molar-refractivity contribution in [1.82, 2.24) is 8.87 Å². The zero-order chi connectivity index (χ0) is 20.8. The van der Waals surface area contributed by atoms with Crippen molar-refractivity contribution in [2.24, 2.45) is 12.0 Å². The van der Waals surface area contributed by atoms with Crippen LogP contribution in [0.3, 0.4) is 0 Å². The maximum atomic E-state index is 13.1. The molecule has 1 unspecified atom stereocenters. The number of nitrogens with zero attached hydrogens (tertiary/aromatic N) is 3. The Morgan fingerprint density at radius 2 is 1.93 bits per heavy atom. The summed E-state index contributed by atoms with van der Waals surface area (Å²) in [6.07, 6.45) is 1.12. The summed E-state index contributed by atoms with van der Waals surface area (Å²) < 4.78 is 31.3. The number of hydrogen-bond acceptors (Lipinski definition) is 4. The van der Waals surface area contributed by atoms with Gasteiger partial charge in [-0.25, -0.2) is 8.42 Å². The van der Waals surface area contributed by atoms with E-state index in [4.69, 9.17) is 0 Å². The van der Waals surface area contributed by atoms with Crippen LogP contribution in [-0.2, 0) is 21.9 Å². The number of para-hydroxylation sites is 1. The Balaban J connectivity index is 1.70. The van der Waals surface area contributed by atoms with Crippen LogP contribution in [0.15, 0.2) is 56.8 Å². The van der Waals surface area contributed by atoms with Crippen LogP contribution in [0.5, 0.6) is 0 Å². The molecule has 9 heteroatoms. The Labute approximate surface area is 181 Å². The lowest BCUT2D eigenvalue weighted by molar-refractivity contribution is -0.121. The maximum Gasteiger partial charge on any atom is 0.266 e. The van der Waals surface area contributed by atoms with E-state index >= 15 is 0 Å². The lowest BCUT2D eigenvalue weighted by Crippen LogP contribution is -2.40. The van der Waals surface area contributed by atoms with Gasteiger partial charge in [-0.15, -0.1) is 0 Å². The van der Waals surface area contributed by atoms with Crippen molar-refractivity contribution >= 4 is 53.4 Å². The second kappa shape index (κ2) is 7.79. The third-order valence-corrected chi connectivity index (χ3v) is 8.75. The highest BCUT2D eigenvalue weighted by atomic mass is 79.9. The number of aromatic nitrogens is 1.